The predicted octanol–water partition coefficient (Wildman–Crippen LogP) is 3.52. The minimum Gasteiger partial charge on any atom is -0.497 e. The maximum Gasteiger partial charge on any atom is 0.118 e. The zero-order valence-electron chi connectivity index (χ0n) is 10.5. The highest BCUT2D eigenvalue weighted by molar-refractivity contribution is 5.35. The predicted molar refractivity (Wildman–Crippen MR) is 69.1 cm³/mol. The molecule has 17 heavy (non-hydrogen) atoms. The van der Waals surface area contributed by atoms with Crippen molar-refractivity contribution in [2.24, 2.45) is 5.92 Å². The van der Waals surface area contributed by atoms with Crippen LogP contribution in [0.5, 0.6) is 5.75 Å². The lowest BCUT2D eigenvalue weighted by atomic mass is 9.84. The van der Waals surface area contributed by atoms with Gasteiger partial charge in [0, 0.05) is 5.92 Å². The summed E-state index contributed by atoms with van der Waals surface area (Å²) in [5.74, 6) is 2.71. The van der Waals surface area contributed by atoms with E-state index >= 15 is 0 Å². The Labute approximate surface area is 103 Å². The third kappa shape index (κ3) is 2.52. The molecule has 0 bridgehead atoms. The SMILES string of the molecule is COC1=CC(C)C(c2ccc(OC)cc2)C=C1. The second-order valence-corrected chi connectivity index (χ2v) is 4.29. The molecule has 0 N–H and O–H groups in total. The van der Waals surface area contributed by atoms with E-state index < -0.39 is 0 Å². The molecule has 90 valence electrons. The average Bonchev–Trinajstić information content (AvgIpc) is 2.39. The van der Waals surface area contributed by atoms with Crippen molar-refractivity contribution in [3.05, 3.63) is 53.8 Å². The van der Waals surface area contributed by atoms with E-state index in [-0.39, 0.29) is 0 Å². The number of hydrogen-bond acceptors (Lipinski definition) is 2. The Morgan fingerprint density at radius 2 is 1.71 bits per heavy atom. The van der Waals surface area contributed by atoms with Gasteiger partial charge in [0.15, 0.2) is 0 Å². The molecule has 0 fully saturated rings. The van der Waals surface area contributed by atoms with E-state index in [1.54, 1.807) is 14.2 Å². The maximum absolute atomic E-state index is 5.24. The van der Waals surface area contributed by atoms with Crippen molar-refractivity contribution < 1.29 is 9.47 Å². The number of benzene rings is 1. The van der Waals surface area contributed by atoms with Gasteiger partial charge in [0.25, 0.3) is 0 Å². The number of rotatable bonds is 3. The van der Waals surface area contributed by atoms with Crippen molar-refractivity contribution in [2.75, 3.05) is 14.2 Å². The number of ether oxygens (including phenoxy) is 2. The quantitative estimate of drug-likeness (QED) is 0.791. The Morgan fingerprint density at radius 3 is 2.24 bits per heavy atom. The molecule has 0 radical (unpaired) electrons. The lowest BCUT2D eigenvalue weighted by Gasteiger charge is -2.23. The summed E-state index contributed by atoms with van der Waals surface area (Å²) < 4.78 is 10.4. The van der Waals surface area contributed by atoms with E-state index in [9.17, 15) is 0 Å². The van der Waals surface area contributed by atoms with Gasteiger partial charge in [-0.15, -0.1) is 0 Å². The summed E-state index contributed by atoms with van der Waals surface area (Å²) >= 11 is 0. The molecule has 2 atom stereocenters. The van der Waals surface area contributed by atoms with Gasteiger partial charge >= 0.3 is 0 Å². The van der Waals surface area contributed by atoms with Gasteiger partial charge in [0.05, 0.1) is 14.2 Å². The fourth-order valence-electron chi connectivity index (χ4n) is 2.17. The lowest BCUT2D eigenvalue weighted by molar-refractivity contribution is 0.299. The summed E-state index contributed by atoms with van der Waals surface area (Å²) in [5, 5.41) is 0. The van der Waals surface area contributed by atoms with Crippen molar-refractivity contribution in [2.45, 2.75) is 12.8 Å². The summed E-state index contributed by atoms with van der Waals surface area (Å²) in [7, 11) is 3.39. The van der Waals surface area contributed by atoms with Crippen LogP contribution in [0.2, 0.25) is 0 Å². The van der Waals surface area contributed by atoms with Gasteiger partial charge in [-0.25, -0.2) is 0 Å². The minimum absolute atomic E-state index is 0.416. The van der Waals surface area contributed by atoms with E-state index in [1.807, 2.05) is 18.2 Å². The van der Waals surface area contributed by atoms with Crippen LogP contribution in [0.4, 0.5) is 0 Å². The molecule has 2 unspecified atom stereocenters. The van der Waals surface area contributed by atoms with Crippen LogP contribution in [0.1, 0.15) is 18.4 Å². The third-order valence-corrected chi connectivity index (χ3v) is 3.20. The van der Waals surface area contributed by atoms with E-state index in [0.29, 0.717) is 11.8 Å². The Morgan fingerprint density at radius 1 is 1.00 bits per heavy atom. The van der Waals surface area contributed by atoms with Gasteiger partial charge in [0.2, 0.25) is 0 Å². The molecular formula is C15H18O2. The molecule has 2 nitrogen and oxygen atoms in total. The molecule has 0 amide bonds. The Kier molecular flexibility index (Phi) is 3.52. The van der Waals surface area contributed by atoms with Crippen LogP contribution < -0.4 is 4.74 Å². The Bertz CT molecular complexity index is 429. The van der Waals surface area contributed by atoms with E-state index in [4.69, 9.17) is 9.47 Å². The van der Waals surface area contributed by atoms with Crippen LogP contribution in [0, 0.1) is 5.92 Å². The van der Waals surface area contributed by atoms with E-state index in [0.717, 1.165) is 11.5 Å². The smallest absolute Gasteiger partial charge is 0.118 e. The zero-order valence-corrected chi connectivity index (χ0v) is 10.5. The average molecular weight is 230 g/mol. The van der Waals surface area contributed by atoms with Crippen molar-refractivity contribution in [3.63, 3.8) is 0 Å². The molecule has 0 saturated carbocycles. The third-order valence-electron chi connectivity index (χ3n) is 3.20. The number of methoxy groups -OCH3 is 2. The summed E-state index contributed by atoms with van der Waals surface area (Å²) in [4.78, 5) is 0. The monoisotopic (exact) mass is 230 g/mol. The van der Waals surface area contributed by atoms with E-state index in [1.165, 1.54) is 5.56 Å². The summed E-state index contributed by atoms with van der Waals surface area (Å²) in [6.07, 6.45) is 6.40. The molecule has 1 aliphatic carbocycles. The summed E-state index contributed by atoms with van der Waals surface area (Å²) in [6.45, 7) is 2.21. The molecule has 2 rings (SSSR count). The second kappa shape index (κ2) is 5.09. The highest BCUT2D eigenvalue weighted by atomic mass is 16.5. The topological polar surface area (TPSA) is 18.5 Å². The largest absolute Gasteiger partial charge is 0.497 e. The summed E-state index contributed by atoms with van der Waals surface area (Å²) in [6, 6.07) is 8.25. The van der Waals surface area contributed by atoms with Gasteiger partial charge in [-0.2, -0.15) is 0 Å². The van der Waals surface area contributed by atoms with Gasteiger partial charge in [-0.1, -0.05) is 25.1 Å². The van der Waals surface area contributed by atoms with Crippen molar-refractivity contribution >= 4 is 0 Å². The van der Waals surface area contributed by atoms with Crippen LogP contribution in [-0.4, -0.2) is 14.2 Å². The van der Waals surface area contributed by atoms with Gasteiger partial charge in [0.1, 0.15) is 11.5 Å². The molecule has 0 spiro atoms. The Hall–Kier alpha value is -1.70. The maximum atomic E-state index is 5.24. The van der Waals surface area contributed by atoms with Crippen molar-refractivity contribution in [1.82, 2.24) is 0 Å². The fourth-order valence-corrected chi connectivity index (χ4v) is 2.17. The highest BCUT2D eigenvalue weighted by Crippen LogP contribution is 2.32. The molecule has 0 heterocycles. The van der Waals surface area contributed by atoms with Crippen molar-refractivity contribution in [3.8, 4) is 5.75 Å². The van der Waals surface area contributed by atoms with Crippen LogP contribution >= 0.6 is 0 Å². The zero-order chi connectivity index (χ0) is 12.3. The molecule has 0 aliphatic heterocycles. The molecule has 2 heteroatoms. The van der Waals surface area contributed by atoms with Gasteiger partial charge in [-0.3, -0.25) is 0 Å². The molecule has 0 saturated heterocycles. The first-order valence-corrected chi connectivity index (χ1v) is 5.82. The first kappa shape index (κ1) is 11.8. The normalized spacial score (nSPS) is 23.1. The molecular weight excluding hydrogens is 212 g/mol. The first-order chi connectivity index (χ1) is 8.24. The molecule has 1 aromatic rings. The van der Waals surface area contributed by atoms with Crippen LogP contribution in [0.3, 0.4) is 0 Å². The number of hydrogen-bond donors (Lipinski definition) is 0. The van der Waals surface area contributed by atoms with Crippen molar-refractivity contribution in [1.29, 1.82) is 0 Å². The highest BCUT2D eigenvalue weighted by Gasteiger charge is 2.18. The fraction of sp³-hybridized carbons (Fsp3) is 0.333. The number of allylic oxidation sites excluding steroid dienone is 3. The molecule has 1 aliphatic rings. The van der Waals surface area contributed by atoms with E-state index in [2.05, 4.69) is 31.2 Å². The second-order valence-electron chi connectivity index (χ2n) is 4.29. The standard InChI is InChI=1S/C15H18O2/c1-11-10-14(17-3)8-9-15(11)12-4-6-13(16-2)7-5-12/h4-11,15H,1-3H3. The first-order valence-electron chi connectivity index (χ1n) is 5.82. The molecule has 1 aromatic carbocycles. The molecule has 0 aromatic heterocycles. The van der Waals surface area contributed by atoms with Gasteiger partial charge < -0.3 is 9.47 Å². The lowest BCUT2D eigenvalue weighted by Crippen LogP contribution is -2.09. The minimum atomic E-state index is 0.416. The van der Waals surface area contributed by atoms with Gasteiger partial charge in [-0.05, 0) is 35.8 Å². The van der Waals surface area contributed by atoms with Crippen LogP contribution in [0.25, 0.3) is 0 Å². The summed E-state index contributed by atoms with van der Waals surface area (Å²) in [5.41, 5.74) is 1.31. The van der Waals surface area contributed by atoms with Crippen LogP contribution in [-0.2, 0) is 4.74 Å². The van der Waals surface area contributed by atoms with Crippen LogP contribution in [0.15, 0.2) is 48.3 Å². The Balaban J connectivity index is 2.18.